The van der Waals surface area contributed by atoms with Crippen molar-refractivity contribution >= 4 is 11.3 Å². The van der Waals surface area contributed by atoms with E-state index in [1.165, 1.54) is 19.3 Å². The minimum absolute atomic E-state index is 0.415. The first-order valence-corrected chi connectivity index (χ1v) is 8.49. The van der Waals surface area contributed by atoms with Crippen LogP contribution in [0, 0.1) is 5.41 Å². The highest BCUT2D eigenvalue weighted by molar-refractivity contribution is 7.13. The molecule has 2 aliphatic rings. The maximum atomic E-state index is 5.71. The van der Waals surface area contributed by atoms with E-state index in [1.54, 1.807) is 17.6 Å². The summed E-state index contributed by atoms with van der Waals surface area (Å²) in [7, 11) is 0. The molecule has 0 aliphatic carbocycles. The zero-order valence-corrected chi connectivity index (χ0v) is 12.9. The molecule has 4 rings (SSSR count). The summed E-state index contributed by atoms with van der Waals surface area (Å²) in [6.07, 6.45) is 5.50. The molecule has 5 heteroatoms. The van der Waals surface area contributed by atoms with Crippen LogP contribution in [0.4, 0.5) is 0 Å². The summed E-state index contributed by atoms with van der Waals surface area (Å²) in [6, 6.07) is 3.87. The average molecular weight is 304 g/mol. The number of rotatable bonds is 3. The third kappa shape index (κ3) is 2.78. The minimum Gasteiger partial charge on any atom is -0.462 e. The number of hydrogen-bond donors (Lipinski definition) is 0. The molecular formula is C16H20N2O2S. The standard InChI is InChI=1S/C16H20N2O2S/c1-3-14(20-8-1)15-17-13(10-21-15)9-18-6-5-16(11-18)4-2-7-19-12-16/h1,3,8,10H,2,4-7,9,11-12H2. The first-order chi connectivity index (χ1) is 10.3. The van der Waals surface area contributed by atoms with E-state index in [1.807, 2.05) is 12.1 Å². The predicted molar refractivity (Wildman–Crippen MR) is 82.2 cm³/mol. The third-order valence-corrected chi connectivity index (χ3v) is 5.50. The fraction of sp³-hybridized carbons (Fsp3) is 0.562. The fourth-order valence-electron chi connectivity index (χ4n) is 3.52. The van der Waals surface area contributed by atoms with Gasteiger partial charge in [0.15, 0.2) is 10.8 Å². The number of thiazole rings is 1. The number of aromatic nitrogens is 1. The van der Waals surface area contributed by atoms with Crippen molar-refractivity contribution in [2.45, 2.75) is 25.8 Å². The molecule has 0 aromatic carbocycles. The van der Waals surface area contributed by atoms with Crippen LogP contribution in [0.1, 0.15) is 25.0 Å². The zero-order valence-electron chi connectivity index (χ0n) is 12.1. The summed E-state index contributed by atoms with van der Waals surface area (Å²) < 4.78 is 11.1. The molecule has 0 radical (unpaired) electrons. The molecule has 2 saturated heterocycles. The monoisotopic (exact) mass is 304 g/mol. The minimum atomic E-state index is 0.415. The number of nitrogens with zero attached hydrogens (tertiary/aromatic N) is 2. The molecule has 0 bridgehead atoms. The summed E-state index contributed by atoms with van der Waals surface area (Å²) in [4.78, 5) is 7.23. The number of likely N-dealkylation sites (tertiary alicyclic amines) is 1. The summed E-state index contributed by atoms with van der Waals surface area (Å²) in [5.41, 5.74) is 1.57. The summed E-state index contributed by atoms with van der Waals surface area (Å²) in [5, 5.41) is 3.13. The van der Waals surface area contributed by atoms with Gasteiger partial charge in [-0.25, -0.2) is 4.98 Å². The lowest BCUT2D eigenvalue weighted by Crippen LogP contribution is -2.34. The van der Waals surface area contributed by atoms with Crippen LogP contribution in [-0.4, -0.2) is 36.2 Å². The maximum absolute atomic E-state index is 5.71. The number of furan rings is 1. The van der Waals surface area contributed by atoms with Crippen molar-refractivity contribution in [1.82, 2.24) is 9.88 Å². The molecule has 2 aromatic heterocycles. The summed E-state index contributed by atoms with van der Waals surface area (Å²) in [6.45, 7) is 5.15. The molecule has 0 amide bonds. The molecular weight excluding hydrogens is 284 g/mol. The highest BCUT2D eigenvalue weighted by Crippen LogP contribution is 2.38. The van der Waals surface area contributed by atoms with Crippen molar-refractivity contribution in [3.8, 4) is 10.8 Å². The van der Waals surface area contributed by atoms with E-state index in [2.05, 4.69) is 10.3 Å². The zero-order chi connectivity index (χ0) is 14.1. The van der Waals surface area contributed by atoms with E-state index < -0.39 is 0 Å². The second-order valence-electron chi connectivity index (χ2n) is 6.24. The van der Waals surface area contributed by atoms with Gasteiger partial charge in [-0.3, -0.25) is 4.90 Å². The van der Waals surface area contributed by atoms with E-state index in [4.69, 9.17) is 14.1 Å². The number of hydrogen-bond acceptors (Lipinski definition) is 5. The van der Waals surface area contributed by atoms with Crippen LogP contribution in [0.15, 0.2) is 28.2 Å². The molecule has 1 unspecified atom stereocenters. The van der Waals surface area contributed by atoms with Crippen LogP contribution in [0.2, 0.25) is 0 Å². The summed E-state index contributed by atoms with van der Waals surface area (Å²) in [5.74, 6) is 0.866. The topological polar surface area (TPSA) is 38.5 Å². The SMILES string of the molecule is c1coc(-c2nc(CN3CCC4(CCCOC4)C3)cs2)c1. The molecule has 112 valence electrons. The van der Waals surface area contributed by atoms with Crippen LogP contribution >= 0.6 is 11.3 Å². The Kier molecular flexibility index (Phi) is 3.57. The lowest BCUT2D eigenvalue weighted by Gasteiger charge is -2.33. The maximum Gasteiger partial charge on any atom is 0.162 e. The molecule has 2 fully saturated rings. The Labute approximate surface area is 128 Å². The average Bonchev–Trinajstić information content (AvgIpc) is 3.22. The smallest absolute Gasteiger partial charge is 0.162 e. The van der Waals surface area contributed by atoms with Gasteiger partial charge in [-0.05, 0) is 37.9 Å². The molecule has 0 saturated carbocycles. The Morgan fingerprint density at radius 1 is 1.38 bits per heavy atom. The van der Waals surface area contributed by atoms with Gasteiger partial charge in [0.25, 0.3) is 0 Å². The molecule has 1 atom stereocenters. The van der Waals surface area contributed by atoms with E-state index in [-0.39, 0.29) is 0 Å². The first-order valence-electron chi connectivity index (χ1n) is 7.61. The molecule has 1 spiro atoms. The van der Waals surface area contributed by atoms with Crippen LogP contribution < -0.4 is 0 Å². The van der Waals surface area contributed by atoms with Crippen molar-refractivity contribution in [2.75, 3.05) is 26.3 Å². The van der Waals surface area contributed by atoms with Gasteiger partial charge in [-0.15, -0.1) is 11.3 Å². The van der Waals surface area contributed by atoms with E-state index in [9.17, 15) is 0 Å². The molecule has 4 heterocycles. The van der Waals surface area contributed by atoms with Gasteiger partial charge in [0.2, 0.25) is 0 Å². The normalized spacial score (nSPS) is 26.7. The molecule has 0 N–H and O–H groups in total. The quantitative estimate of drug-likeness (QED) is 0.871. The van der Waals surface area contributed by atoms with Crippen LogP contribution in [0.5, 0.6) is 0 Å². The Morgan fingerprint density at radius 2 is 2.38 bits per heavy atom. The molecule has 21 heavy (non-hydrogen) atoms. The van der Waals surface area contributed by atoms with Crippen LogP contribution in [-0.2, 0) is 11.3 Å². The Balaban J connectivity index is 1.41. The van der Waals surface area contributed by atoms with E-state index >= 15 is 0 Å². The lowest BCUT2D eigenvalue weighted by atomic mass is 9.82. The van der Waals surface area contributed by atoms with Gasteiger partial charge >= 0.3 is 0 Å². The summed E-state index contributed by atoms with van der Waals surface area (Å²) >= 11 is 1.66. The van der Waals surface area contributed by atoms with Crippen LogP contribution in [0.25, 0.3) is 10.8 Å². The lowest BCUT2D eigenvalue weighted by molar-refractivity contribution is -0.00252. The van der Waals surface area contributed by atoms with Gasteiger partial charge in [0.1, 0.15) is 0 Å². The van der Waals surface area contributed by atoms with Crippen LogP contribution in [0.3, 0.4) is 0 Å². The van der Waals surface area contributed by atoms with Crippen molar-refractivity contribution < 1.29 is 9.15 Å². The largest absolute Gasteiger partial charge is 0.462 e. The van der Waals surface area contributed by atoms with E-state index in [0.29, 0.717) is 5.41 Å². The molecule has 2 aromatic rings. The van der Waals surface area contributed by atoms with E-state index in [0.717, 1.165) is 49.3 Å². The van der Waals surface area contributed by atoms with Crippen molar-refractivity contribution in [1.29, 1.82) is 0 Å². The predicted octanol–water partition coefficient (Wildman–Crippen LogP) is 3.41. The van der Waals surface area contributed by atoms with Crippen molar-refractivity contribution in [3.63, 3.8) is 0 Å². The first kappa shape index (κ1) is 13.5. The highest BCUT2D eigenvalue weighted by atomic mass is 32.1. The third-order valence-electron chi connectivity index (χ3n) is 4.59. The second kappa shape index (κ2) is 5.55. The number of ether oxygens (including phenoxy) is 1. The Hall–Kier alpha value is -1.17. The second-order valence-corrected chi connectivity index (χ2v) is 7.10. The molecule has 2 aliphatic heterocycles. The van der Waals surface area contributed by atoms with Crippen molar-refractivity contribution in [2.24, 2.45) is 5.41 Å². The van der Waals surface area contributed by atoms with Gasteiger partial charge in [-0.2, -0.15) is 0 Å². The van der Waals surface area contributed by atoms with Crippen molar-refractivity contribution in [3.05, 3.63) is 29.5 Å². The van der Waals surface area contributed by atoms with Gasteiger partial charge < -0.3 is 9.15 Å². The van der Waals surface area contributed by atoms with Gasteiger partial charge in [0.05, 0.1) is 18.6 Å². The Morgan fingerprint density at radius 3 is 3.19 bits per heavy atom. The Bertz CT molecular complexity index is 587. The van der Waals surface area contributed by atoms with Gasteiger partial charge in [0, 0.05) is 30.5 Å². The fourth-order valence-corrected chi connectivity index (χ4v) is 4.29. The molecule has 4 nitrogen and oxygen atoms in total. The van der Waals surface area contributed by atoms with Gasteiger partial charge in [-0.1, -0.05) is 0 Å². The highest BCUT2D eigenvalue weighted by Gasteiger charge is 2.39.